The maximum atomic E-state index is 12.6. The van der Waals surface area contributed by atoms with Crippen LogP contribution in [0.15, 0.2) is 72.0 Å². The highest BCUT2D eigenvalue weighted by Crippen LogP contribution is 2.19. The molecule has 0 spiro atoms. The number of guanidine groups is 1. The average Bonchev–Trinajstić information content (AvgIpc) is 3.37. The summed E-state index contributed by atoms with van der Waals surface area (Å²) in [7, 11) is 1.77. The van der Waals surface area contributed by atoms with Crippen LogP contribution in [0.3, 0.4) is 0 Å². The second-order valence-electron chi connectivity index (χ2n) is 8.26. The van der Waals surface area contributed by atoms with Crippen LogP contribution in [-0.4, -0.2) is 46.7 Å². The molecule has 1 aromatic heterocycles. The van der Waals surface area contributed by atoms with Crippen LogP contribution >= 0.6 is 0 Å². The number of nitrogens with one attached hydrogen (secondary N) is 2. The summed E-state index contributed by atoms with van der Waals surface area (Å²) in [6.07, 6.45) is 6.02. The van der Waals surface area contributed by atoms with Gasteiger partial charge < -0.3 is 15.5 Å². The number of aliphatic imine (C=N–C) groups is 1. The van der Waals surface area contributed by atoms with E-state index < -0.39 is 0 Å². The Hall–Kier alpha value is -3.61. The Balaban J connectivity index is 1.20. The lowest BCUT2D eigenvalue weighted by Gasteiger charge is -2.29. The van der Waals surface area contributed by atoms with Gasteiger partial charge in [0.1, 0.15) is 0 Å². The second-order valence-corrected chi connectivity index (χ2v) is 8.26. The molecule has 33 heavy (non-hydrogen) atoms. The molecule has 0 aliphatic carbocycles. The molecule has 0 fully saturated rings. The molecule has 2 aromatic carbocycles. The maximum absolute atomic E-state index is 12.6. The van der Waals surface area contributed by atoms with Crippen molar-refractivity contribution in [2.75, 3.05) is 20.1 Å². The summed E-state index contributed by atoms with van der Waals surface area (Å²) >= 11 is 0. The van der Waals surface area contributed by atoms with Gasteiger partial charge in [0.05, 0.1) is 6.54 Å². The molecule has 2 heterocycles. The normalized spacial score (nSPS) is 13.5. The summed E-state index contributed by atoms with van der Waals surface area (Å²) in [5, 5.41) is 11.0. The fourth-order valence-electron chi connectivity index (χ4n) is 4.17. The molecular weight excluding hydrogens is 412 g/mol. The first-order valence-corrected chi connectivity index (χ1v) is 11.6. The van der Waals surface area contributed by atoms with Crippen LogP contribution in [0, 0.1) is 0 Å². The standard InChI is InChI=1S/C26H32N6O/c1-27-26(29-18-22-9-3-5-11-24(22)20-32-16-7-15-30-32)28-14-6-12-25(33)31-17-13-21-8-2-4-10-23(21)19-31/h2-5,7-11,15-16H,6,12-14,17-20H2,1H3,(H2,27,28,29). The molecule has 3 aromatic rings. The summed E-state index contributed by atoms with van der Waals surface area (Å²) in [5.74, 6) is 0.963. The van der Waals surface area contributed by atoms with E-state index in [9.17, 15) is 4.79 Å². The van der Waals surface area contributed by atoms with Crippen molar-refractivity contribution < 1.29 is 4.79 Å². The number of nitrogens with zero attached hydrogens (tertiary/aromatic N) is 4. The molecule has 7 heteroatoms. The Labute approximate surface area is 195 Å². The lowest BCUT2D eigenvalue weighted by molar-refractivity contribution is -0.132. The molecule has 1 aliphatic rings. The molecule has 0 radical (unpaired) electrons. The van der Waals surface area contributed by atoms with E-state index in [1.165, 1.54) is 22.3 Å². The number of rotatable bonds is 8. The quantitative estimate of drug-likeness (QED) is 0.318. The first-order valence-electron chi connectivity index (χ1n) is 11.6. The Bertz CT molecular complexity index is 1080. The summed E-state index contributed by atoms with van der Waals surface area (Å²) in [6.45, 7) is 3.64. The second kappa shape index (κ2) is 11.3. The lowest BCUT2D eigenvalue weighted by atomic mass is 9.99. The highest BCUT2D eigenvalue weighted by Gasteiger charge is 2.19. The summed E-state index contributed by atoms with van der Waals surface area (Å²) in [4.78, 5) is 18.9. The number of benzene rings is 2. The van der Waals surface area contributed by atoms with Crippen LogP contribution < -0.4 is 10.6 Å². The minimum atomic E-state index is 0.224. The monoisotopic (exact) mass is 444 g/mol. The predicted octanol–water partition coefficient (Wildman–Crippen LogP) is 2.96. The third-order valence-corrected chi connectivity index (χ3v) is 6.02. The van der Waals surface area contributed by atoms with Crippen molar-refractivity contribution in [3.05, 3.63) is 89.2 Å². The lowest BCUT2D eigenvalue weighted by Crippen LogP contribution is -2.39. The van der Waals surface area contributed by atoms with Crippen LogP contribution in [0.5, 0.6) is 0 Å². The molecule has 172 valence electrons. The number of carbonyl (C=O) groups is 1. The fourth-order valence-corrected chi connectivity index (χ4v) is 4.17. The highest BCUT2D eigenvalue weighted by molar-refractivity contribution is 5.80. The molecule has 0 atom stereocenters. The van der Waals surface area contributed by atoms with Gasteiger partial charge in [0.2, 0.25) is 5.91 Å². The van der Waals surface area contributed by atoms with Gasteiger partial charge in [0, 0.05) is 52.0 Å². The molecule has 1 amide bonds. The Morgan fingerprint density at radius 2 is 1.82 bits per heavy atom. The Morgan fingerprint density at radius 3 is 2.61 bits per heavy atom. The SMILES string of the molecule is CN=C(NCCCC(=O)N1CCc2ccccc2C1)NCc1ccccc1Cn1cccn1. The minimum Gasteiger partial charge on any atom is -0.356 e. The maximum Gasteiger partial charge on any atom is 0.222 e. The van der Waals surface area contributed by atoms with Crippen LogP contribution in [0.25, 0.3) is 0 Å². The van der Waals surface area contributed by atoms with E-state index in [1.807, 2.05) is 40.0 Å². The van der Waals surface area contributed by atoms with E-state index in [-0.39, 0.29) is 5.91 Å². The number of fused-ring (bicyclic) bond motifs is 1. The first-order chi connectivity index (χ1) is 16.2. The molecule has 0 unspecified atom stereocenters. The van der Waals surface area contributed by atoms with E-state index in [0.29, 0.717) is 19.5 Å². The summed E-state index contributed by atoms with van der Waals surface area (Å²) in [6, 6.07) is 18.7. The van der Waals surface area contributed by atoms with Crippen molar-refractivity contribution in [3.8, 4) is 0 Å². The van der Waals surface area contributed by atoms with Gasteiger partial charge in [0.15, 0.2) is 5.96 Å². The van der Waals surface area contributed by atoms with Gasteiger partial charge in [-0.1, -0.05) is 48.5 Å². The van der Waals surface area contributed by atoms with Gasteiger partial charge in [-0.2, -0.15) is 5.10 Å². The van der Waals surface area contributed by atoms with Crippen LogP contribution in [0.2, 0.25) is 0 Å². The van der Waals surface area contributed by atoms with Crippen molar-refractivity contribution in [2.24, 2.45) is 4.99 Å². The molecule has 0 saturated carbocycles. The smallest absolute Gasteiger partial charge is 0.222 e. The largest absolute Gasteiger partial charge is 0.356 e. The van der Waals surface area contributed by atoms with E-state index in [1.54, 1.807) is 13.2 Å². The fraction of sp³-hybridized carbons (Fsp3) is 0.346. The van der Waals surface area contributed by atoms with Gasteiger partial charge >= 0.3 is 0 Å². The first kappa shape index (κ1) is 22.6. The van der Waals surface area contributed by atoms with Crippen molar-refractivity contribution in [2.45, 2.75) is 38.9 Å². The third kappa shape index (κ3) is 6.22. The van der Waals surface area contributed by atoms with Gasteiger partial charge in [-0.25, -0.2) is 0 Å². The third-order valence-electron chi connectivity index (χ3n) is 6.02. The van der Waals surface area contributed by atoms with Crippen LogP contribution in [0.4, 0.5) is 0 Å². The molecular formula is C26H32N6O. The Kier molecular flexibility index (Phi) is 7.74. The summed E-state index contributed by atoms with van der Waals surface area (Å²) < 4.78 is 1.92. The zero-order valence-electron chi connectivity index (χ0n) is 19.2. The van der Waals surface area contributed by atoms with Crippen molar-refractivity contribution in [1.29, 1.82) is 0 Å². The molecule has 7 nitrogen and oxygen atoms in total. The van der Waals surface area contributed by atoms with E-state index in [4.69, 9.17) is 0 Å². The van der Waals surface area contributed by atoms with Crippen molar-refractivity contribution in [3.63, 3.8) is 0 Å². The van der Waals surface area contributed by atoms with E-state index in [2.05, 4.69) is 51.1 Å². The van der Waals surface area contributed by atoms with Gasteiger partial charge in [-0.05, 0) is 41.2 Å². The predicted molar refractivity (Wildman–Crippen MR) is 131 cm³/mol. The average molecular weight is 445 g/mol. The number of carbonyl (C=O) groups excluding carboxylic acids is 1. The zero-order chi connectivity index (χ0) is 22.9. The summed E-state index contributed by atoms with van der Waals surface area (Å²) in [5.41, 5.74) is 5.06. The number of hydrogen-bond donors (Lipinski definition) is 2. The zero-order valence-corrected chi connectivity index (χ0v) is 19.2. The van der Waals surface area contributed by atoms with Crippen molar-refractivity contribution >= 4 is 11.9 Å². The molecule has 1 aliphatic heterocycles. The molecule has 4 rings (SSSR count). The Morgan fingerprint density at radius 1 is 1.03 bits per heavy atom. The van der Waals surface area contributed by atoms with Crippen LogP contribution in [-0.2, 0) is 30.8 Å². The number of hydrogen-bond acceptors (Lipinski definition) is 3. The van der Waals surface area contributed by atoms with Crippen molar-refractivity contribution in [1.82, 2.24) is 25.3 Å². The van der Waals surface area contributed by atoms with E-state index in [0.717, 1.165) is 38.4 Å². The highest BCUT2D eigenvalue weighted by atomic mass is 16.2. The molecule has 2 N–H and O–H groups in total. The van der Waals surface area contributed by atoms with Gasteiger partial charge in [-0.15, -0.1) is 0 Å². The number of aromatic nitrogens is 2. The van der Waals surface area contributed by atoms with Gasteiger partial charge in [-0.3, -0.25) is 14.5 Å². The topological polar surface area (TPSA) is 74.6 Å². The molecule has 0 bridgehead atoms. The number of amides is 1. The van der Waals surface area contributed by atoms with E-state index >= 15 is 0 Å². The minimum absolute atomic E-state index is 0.224. The van der Waals surface area contributed by atoms with Crippen LogP contribution in [0.1, 0.15) is 35.1 Å². The molecule has 0 saturated heterocycles. The van der Waals surface area contributed by atoms with Gasteiger partial charge in [0.25, 0.3) is 0 Å².